The highest BCUT2D eigenvalue weighted by molar-refractivity contribution is 7.89. The maximum absolute atomic E-state index is 12.3. The van der Waals surface area contributed by atoms with Crippen LogP contribution in [0.5, 0.6) is 0 Å². The molecule has 0 saturated heterocycles. The highest BCUT2D eigenvalue weighted by Crippen LogP contribution is 2.19. The van der Waals surface area contributed by atoms with Gasteiger partial charge in [-0.25, -0.2) is 23.1 Å². The van der Waals surface area contributed by atoms with Gasteiger partial charge in [-0.15, -0.1) is 0 Å². The van der Waals surface area contributed by atoms with Crippen molar-refractivity contribution >= 4 is 26.9 Å². The number of aromatic amines is 1. The van der Waals surface area contributed by atoms with Crippen LogP contribution in [0.25, 0.3) is 11.0 Å². The fourth-order valence-electron chi connectivity index (χ4n) is 2.39. The normalized spacial score (nSPS) is 11.8. The van der Waals surface area contributed by atoms with E-state index in [0.717, 1.165) is 16.6 Å². The van der Waals surface area contributed by atoms with Crippen LogP contribution in [0.15, 0.2) is 47.8 Å². The summed E-state index contributed by atoms with van der Waals surface area (Å²) in [5, 5.41) is 0. The quantitative estimate of drug-likeness (QED) is 0.709. The number of nitrogens with zero attached hydrogens (tertiary/aromatic N) is 3. The minimum absolute atomic E-state index is 0.267. The second-order valence-corrected chi connectivity index (χ2v) is 7.33. The number of anilines is 1. The van der Waals surface area contributed by atoms with Crippen LogP contribution in [0.3, 0.4) is 0 Å². The number of H-pyrrole nitrogens is 1. The lowest BCUT2D eigenvalue weighted by Crippen LogP contribution is -2.33. The molecule has 0 unspecified atom stereocenters. The zero-order chi connectivity index (χ0) is 17.2. The van der Waals surface area contributed by atoms with Crippen molar-refractivity contribution in [2.24, 2.45) is 0 Å². The molecule has 0 amide bonds. The van der Waals surface area contributed by atoms with Gasteiger partial charge in [-0.05, 0) is 25.1 Å². The molecule has 0 aliphatic heterocycles. The van der Waals surface area contributed by atoms with Crippen LogP contribution >= 0.6 is 0 Å². The molecule has 126 valence electrons. The standard InChI is InChI=1S/C16H19N5O2S/c1-12-3-5-13(6-4-12)24(22,23)20-9-10-21(2)16-15-14(7-8-17-16)18-11-19-15/h3-8,11,20H,9-10H2,1-2H3,(H,18,19). The second kappa shape index (κ2) is 6.58. The summed E-state index contributed by atoms with van der Waals surface area (Å²) in [4.78, 5) is 13.8. The minimum atomic E-state index is -3.51. The third-order valence-corrected chi connectivity index (χ3v) is 5.23. The Balaban J connectivity index is 1.65. The average molecular weight is 345 g/mol. The summed E-state index contributed by atoms with van der Waals surface area (Å²) in [6.45, 7) is 2.67. The maximum atomic E-state index is 12.3. The zero-order valence-corrected chi connectivity index (χ0v) is 14.3. The molecule has 0 fully saturated rings. The number of hydrogen-bond acceptors (Lipinski definition) is 5. The molecule has 0 aliphatic rings. The van der Waals surface area contributed by atoms with Crippen molar-refractivity contribution in [3.8, 4) is 0 Å². The van der Waals surface area contributed by atoms with Crippen molar-refractivity contribution in [2.75, 3.05) is 25.0 Å². The number of sulfonamides is 1. The summed E-state index contributed by atoms with van der Waals surface area (Å²) in [6.07, 6.45) is 3.31. The highest BCUT2D eigenvalue weighted by Gasteiger charge is 2.14. The Kier molecular flexibility index (Phi) is 4.50. The fraction of sp³-hybridized carbons (Fsp3) is 0.250. The first kappa shape index (κ1) is 16.4. The molecule has 8 heteroatoms. The van der Waals surface area contributed by atoms with Crippen molar-refractivity contribution < 1.29 is 8.42 Å². The van der Waals surface area contributed by atoms with Crippen molar-refractivity contribution in [3.05, 3.63) is 48.4 Å². The van der Waals surface area contributed by atoms with Crippen LogP contribution in [-0.2, 0) is 10.0 Å². The lowest BCUT2D eigenvalue weighted by molar-refractivity contribution is 0.581. The molecule has 24 heavy (non-hydrogen) atoms. The van der Waals surface area contributed by atoms with Crippen LogP contribution in [-0.4, -0.2) is 43.5 Å². The summed E-state index contributed by atoms with van der Waals surface area (Å²) in [6, 6.07) is 8.62. The number of rotatable bonds is 6. The molecule has 2 N–H and O–H groups in total. The Morgan fingerprint density at radius 1 is 1.17 bits per heavy atom. The highest BCUT2D eigenvalue weighted by atomic mass is 32.2. The molecule has 7 nitrogen and oxygen atoms in total. The SMILES string of the molecule is Cc1ccc(S(=O)(=O)NCCN(C)c2nccc3[nH]cnc23)cc1. The first-order chi connectivity index (χ1) is 11.5. The number of imidazole rings is 1. The summed E-state index contributed by atoms with van der Waals surface area (Å²) < 4.78 is 27.2. The molecule has 0 atom stereocenters. The Hall–Kier alpha value is -2.45. The summed E-state index contributed by atoms with van der Waals surface area (Å²) >= 11 is 0. The largest absolute Gasteiger partial charge is 0.357 e. The van der Waals surface area contributed by atoms with Crippen LogP contribution in [0.2, 0.25) is 0 Å². The lowest BCUT2D eigenvalue weighted by Gasteiger charge is -2.18. The van der Waals surface area contributed by atoms with Gasteiger partial charge in [0, 0.05) is 26.3 Å². The van der Waals surface area contributed by atoms with Crippen LogP contribution in [0.4, 0.5) is 5.82 Å². The number of fused-ring (bicyclic) bond motifs is 1. The van der Waals surface area contributed by atoms with E-state index < -0.39 is 10.0 Å². The van der Waals surface area contributed by atoms with E-state index in [1.54, 1.807) is 36.8 Å². The molecular formula is C16H19N5O2S. The predicted molar refractivity (Wildman–Crippen MR) is 93.5 cm³/mol. The van der Waals surface area contributed by atoms with E-state index >= 15 is 0 Å². The van der Waals surface area contributed by atoms with Gasteiger partial charge in [0.1, 0.15) is 5.52 Å². The molecule has 0 aliphatic carbocycles. The summed E-state index contributed by atoms with van der Waals surface area (Å²) in [7, 11) is -1.65. The van der Waals surface area contributed by atoms with Crippen molar-refractivity contribution in [1.82, 2.24) is 19.7 Å². The van der Waals surface area contributed by atoms with E-state index in [2.05, 4.69) is 19.7 Å². The Bertz CT molecular complexity index is 935. The van der Waals surface area contributed by atoms with Gasteiger partial charge in [0.15, 0.2) is 5.82 Å². The Labute approximate surface area is 140 Å². The molecule has 2 aromatic heterocycles. The number of pyridine rings is 1. The number of likely N-dealkylation sites (N-methyl/N-ethyl adjacent to an activating group) is 1. The second-order valence-electron chi connectivity index (χ2n) is 5.57. The maximum Gasteiger partial charge on any atom is 0.240 e. The monoisotopic (exact) mass is 345 g/mol. The number of aromatic nitrogens is 3. The number of hydrogen-bond donors (Lipinski definition) is 2. The van der Waals surface area contributed by atoms with Gasteiger partial charge < -0.3 is 9.88 Å². The van der Waals surface area contributed by atoms with Crippen LogP contribution in [0.1, 0.15) is 5.56 Å². The Morgan fingerprint density at radius 3 is 2.67 bits per heavy atom. The third kappa shape index (κ3) is 3.39. The number of nitrogens with one attached hydrogen (secondary N) is 2. The fourth-order valence-corrected chi connectivity index (χ4v) is 3.41. The Morgan fingerprint density at radius 2 is 1.92 bits per heavy atom. The molecule has 2 heterocycles. The number of benzene rings is 1. The first-order valence-corrected chi connectivity index (χ1v) is 9.01. The van der Waals surface area contributed by atoms with Gasteiger partial charge in [-0.2, -0.15) is 0 Å². The van der Waals surface area contributed by atoms with Gasteiger partial charge in [0.05, 0.1) is 16.7 Å². The van der Waals surface area contributed by atoms with Gasteiger partial charge in [0.25, 0.3) is 0 Å². The van der Waals surface area contributed by atoms with Crippen LogP contribution < -0.4 is 9.62 Å². The minimum Gasteiger partial charge on any atom is -0.357 e. The average Bonchev–Trinajstić information content (AvgIpc) is 3.03. The van der Waals surface area contributed by atoms with E-state index in [-0.39, 0.29) is 11.4 Å². The topological polar surface area (TPSA) is 91.0 Å². The van der Waals surface area contributed by atoms with E-state index in [9.17, 15) is 8.42 Å². The van der Waals surface area contributed by atoms with Gasteiger partial charge in [-0.1, -0.05) is 17.7 Å². The molecule has 3 rings (SSSR count). The van der Waals surface area contributed by atoms with E-state index in [1.807, 2.05) is 24.9 Å². The van der Waals surface area contributed by atoms with E-state index in [4.69, 9.17) is 0 Å². The molecule has 0 radical (unpaired) electrons. The van der Waals surface area contributed by atoms with Gasteiger partial charge in [0.2, 0.25) is 10.0 Å². The van der Waals surface area contributed by atoms with E-state index in [0.29, 0.717) is 12.4 Å². The lowest BCUT2D eigenvalue weighted by atomic mass is 10.2. The molecule has 0 spiro atoms. The number of aryl methyl sites for hydroxylation is 1. The zero-order valence-electron chi connectivity index (χ0n) is 13.5. The third-order valence-electron chi connectivity index (χ3n) is 3.75. The smallest absolute Gasteiger partial charge is 0.240 e. The van der Waals surface area contributed by atoms with Crippen molar-refractivity contribution in [3.63, 3.8) is 0 Å². The summed E-state index contributed by atoms with van der Waals surface area (Å²) in [5.41, 5.74) is 2.68. The first-order valence-electron chi connectivity index (χ1n) is 7.53. The molecule has 0 bridgehead atoms. The van der Waals surface area contributed by atoms with Crippen LogP contribution in [0, 0.1) is 6.92 Å². The predicted octanol–water partition coefficient (Wildman–Crippen LogP) is 1.68. The molecule has 1 aromatic carbocycles. The van der Waals surface area contributed by atoms with Gasteiger partial charge in [-0.3, -0.25) is 0 Å². The molecule has 0 saturated carbocycles. The summed E-state index contributed by atoms with van der Waals surface area (Å²) in [5.74, 6) is 0.711. The van der Waals surface area contributed by atoms with Crippen molar-refractivity contribution in [2.45, 2.75) is 11.8 Å². The van der Waals surface area contributed by atoms with E-state index in [1.165, 1.54) is 0 Å². The van der Waals surface area contributed by atoms with Crippen molar-refractivity contribution in [1.29, 1.82) is 0 Å². The molecule has 3 aromatic rings. The van der Waals surface area contributed by atoms with Gasteiger partial charge >= 0.3 is 0 Å². The molecular weight excluding hydrogens is 326 g/mol.